The Morgan fingerprint density at radius 3 is 2.14 bits per heavy atom. The fraction of sp³-hybridized carbons (Fsp3) is 0.476. The van der Waals surface area contributed by atoms with Crippen LogP contribution in [0.25, 0.3) is 0 Å². The van der Waals surface area contributed by atoms with Crippen LogP contribution in [0.15, 0.2) is 30.3 Å². The molecule has 0 N–H and O–H groups in total. The van der Waals surface area contributed by atoms with Crippen LogP contribution in [0.4, 0.5) is 16.0 Å². The molecule has 0 saturated carbocycles. The van der Waals surface area contributed by atoms with Gasteiger partial charge in [-0.15, -0.1) is 0 Å². The minimum atomic E-state index is -0.465. The highest BCUT2D eigenvalue weighted by Gasteiger charge is 2.25. The molecule has 7 heteroatoms. The Balaban J connectivity index is 1.44. The summed E-state index contributed by atoms with van der Waals surface area (Å²) in [6.07, 6.45) is 3.69. The Morgan fingerprint density at radius 2 is 1.50 bits per heavy atom. The number of hydrogen-bond acceptors (Lipinski definition) is 5. The maximum absolute atomic E-state index is 13.9. The van der Waals surface area contributed by atoms with E-state index in [1.165, 1.54) is 25.3 Å². The van der Waals surface area contributed by atoms with Crippen molar-refractivity contribution in [3.63, 3.8) is 0 Å². The van der Waals surface area contributed by atoms with Gasteiger partial charge >= 0.3 is 0 Å². The number of aryl methyl sites for hydroxylation is 1. The van der Waals surface area contributed by atoms with Crippen LogP contribution >= 0.6 is 0 Å². The Kier molecular flexibility index (Phi) is 5.41. The number of hydrogen-bond donors (Lipinski definition) is 0. The number of amides is 1. The van der Waals surface area contributed by atoms with Crippen LogP contribution in [0.3, 0.4) is 0 Å². The highest BCUT2D eigenvalue weighted by atomic mass is 19.1. The van der Waals surface area contributed by atoms with E-state index in [4.69, 9.17) is 0 Å². The zero-order valence-electron chi connectivity index (χ0n) is 16.3. The van der Waals surface area contributed by atoms with Crippen molar-refractivity contribution in [1.82, 2.24) is 14.9 Å². The van der Waals surface area contributed by atoms with Gasteiger partial charge in [0.1, 0.15) is 23.3 Å². The number of carbonyl (C=O) groups excluding carboxylic acids is 1. The summed E-state index contributed by atoms with van der Waals surface area (Å²) in [6.45, 7) is 6.47. The number of piperidine rings is 1. The maximum atomic E-state index is 13.9. The Bertz CT molecular complexity index is 844. The third-order valence-electron chi connectivity index (χ3n) is 5.49. The predicted octanol–water partition coefficient (Wildman–Crippen LogP) is 2.88. The van der Waals surface area contributed by atoms with Crippen molar-refractivity contribution in [3.05, 3.63) is 47.5 Å². The van der Waals surface area contributed by atoms with E-state index in [-0.39, 0.29) is 11.5 Å². The van der Waals surface area contributed by atoms with E-state index >= 15 is 0 Å². The van der Waals surface area contributed by atoms with E-state index in [0.29, 0.717) is 26.2 Å². The van der Waals surface area contributed by atoms with Gasteiger partial charge in [0, 0.05) is 45.3 Å². The second-order valence-electron chi connectivity index (χ2n) is 7.44. The summed E-state index contributed by atoms with van der Waals surface area (Å²) >= 11 is 0. The average molecular weight is 383 g/mol. The lowest BCUT2D eigenvalue weighted by Crippen LogP contribution is -2.49. The smallest absolute Gasteiger partial charge is 0.256 e. The van der Waals surface area contributed by atoms with E-state index in [2.05, 4.69) is 25.8 Å². The van der Waals surface area contributed by atoms with Gasteiger partial charge < -0.3 is 14.7 Å². The van der Waals surface area contributed by atoms with Crippen LogP contribution in [0, 0.1) is 12.7 Å². The number of piperazine rings is 1. The molecule has 2 aliphatic heterocycles. The minimum Gasteiger partial charge on any atom is -0.356 e. The summed E-state index contributed by atoms with van der Waals surface area (Å²) in [5.41, 5.74) is 0.140. The number of rotatable bonds is 3. The SMILES string of the molecule is Cc1nc(N2CCCCC2)cc(N2CCN(C(=O)c3ccccc3F)CC2)n1. The number of anilines is 2. The number of aromatic nitrogens is 2. The molecule has 0 spiro atoms. The predicted molar refractivity (Wildman–Crippen MR) is 107 cm³/mol. The zero-order valence-corrected chi connectivity index (χ0v) is 16.3. The van der Waals surface area contributed by atoms with E-state index < -0.39 is 5.82 Å². The average Bonchev–Trinajstić information content (AvgIpc) is 2.74. The number of benzene rings is 1. The zero-order chi connectivity index (χ0) is 19.5. The van der Waals surface area contributed by atoms with Gasteiger partial charge in [0.05, 0.1) is 5.56 Å². The van der Waals surface area contributed by atoms with Crippen molar-refractivity contribution < 1.29 is 9.18 Å². The molecule has 0 aliphatic carbocycles. The van der Waals surface area contributed by atoms with Crippen molar-refractivity contribution in [3.8, 4) is 0 Å². The van der Waals surface area contributed by atoms with Crippen molar-refractivity contribution in [1.29, 1.82) is 0 Å². The largest absolute Gasteiger partial charge is 0.356 e. The Hall–Kier alpha value is -2.70. The summed E-state index contributed by atoms with van der Waals surface area (Å²) < 4.78 is 13.9. The van der Waals surface area contributed by atoms with Crippen LogP contribution < -0.4 is 9.80 Å². The van der Waals surface area contributed by atoms with Gasteiger partial charge in [-0.1, -0.05) is 12.1 Å². The molecule has 28 heavy (non-hydrogen) atoms. The van der Waals surface area contributed by atoms with Gasteiger partial charge in [-0.3, -0.25) is 4.79 Å². The fourth-order valence-electron chi connectivity index (χ4n) is 3.93. The molecule has 0 atom stereocenters. The van der Waals surface area contributed by atoms with Gasteiger partial charge in [-0.05, 0) is 38.3 Å². The molecule has 0 unspecified atom stereocenters. The molecule has 2 aliphatic rings. The molecular formula is C21H26FN5O. The molecular weight excluding hydrogens is 357 g/mol. The molecule has 0 radical (unpaired) electrons. The third kappa shape index (κ3) is 3.93. The van der Waals surface area contributed by atoms with E-state index in [9.17, 15) is 9.18 Å². The van der Waals surface area contributed by atoms with Gasteiger partial charge in [-0.25, -0.2) is 14.4 Å². The molecule has 148 valence electrons. The summed E-state index contributed by atoms with van der Waals surface area (Å²) in [6, 6.07) is 8.23. The quantitative estimate of drug-likeness (QED) is 0.816. The van der Waals surface area contributed by atoms with Gasteiger partial charge in [0.15, 0.2) is 0 Å². The first-order chi connectivity index (χ1) is 13.6. The molecule has 4 rings (SSSR count). The lowest BCUT2D eigenvalue weighted by molar-refractivity contribution is 0.0742. The summed E-state index contributed by atoms with van der Waals surface area (Å²) in [5, 5.41) is 0. The van der Waals surface area contributed by atoms with Crippen LogP contribution in [0.5, 0.6) is 0 Å². The van der Waals surface area contributed by atoms with Crippen molar-refractivity contribution in [2.75, 3.05) is 49.1 Å². The molecule has 2 saturated heterocycles. The minimum absolute atomic E-state index is 0.140. The van der Waals surface area contributed by atoms with Gasteiger partial charge in [0.2, 0.25) is 0 Å². The lowest BCUT2D eigenvalue weighted by Gasteiger charge is -2.36. The first-order valence-electron chi connectivity index (χ1n) is 10.0. The van der Waals surface area contributed by atoms with Crippen LogP contribution in [0.2, 0.25) is 0 Å². The van der Waals surface area contributed by atoms with Crippen molar-refractivity contribution in [2.24, 2.45) is 0 Å². The summed E-state index contributed by atoms with van der Waals surface area (Å²) in [4.78, 5) is 28.1. The number of nitrogens with zero attached hydrogens (tertiary/aromatic N) is 5. The summed E-state index contributed by atoms with van der Waals surface area (Å²) in [5.74, 6) is 1.96. The standard InChI is InChI=1S/C21H26FN5O/c1-16-23-19(25-9-5-2-6-10-25)15-20(24-16)26-11-13-27(14-12-26)21(28)17-7-3-4-8-18(17)22/h3-4,7-8,15H,2,5-6,9-14H2,1H3. The Labute approximate surface area is 165 Å². The maximum Gasteiger partial charge on any atom is 0.256 e. The molecule has 2 fully saturated rings. The normalized spacial score (nSPS) is 17.7. The lowest BCUT2D eigenvalue weighted by atomic mass is 10.1. The second kappa shape index (κ2) is 8.12. The highest BCUT2D eigenvalue weighted by molar-refractivity contribution is 5.94. The van der Waals surface area contributed by atoms with Crippen molar-refractivity contribution >= 4 is 17.5 Å². The van der Waals surface area contributed by atoms with E-state index in [0.717, 1.165) is 30.5 Å². The molecule has 6 nitrogen and oxygen atoms in total. The van der Waals surface area contributed by atoms with Crippen LogP contribution in [0.1, 0.15) is 35.4 Å². The molecule has 2 aromatic rings. The second-order valence-corrected chi connectivity index (χ2v) is 7.44. The Morgan fingerprint density at radius 1 is 0.893 bits per heavy atom. The third-order valence-corrected chi connectivity index (χ3v) is 5.49. The van der Waals surface area contributed by atoms with Crippen LogP contribution in [-0.4, -0.2) is 60.0 Å². The first-order valence-corrected chi connectivity index (χ1v) is 10.0. The van der Waals surface area contributed by atoms with E-state index in [1.54, 1.807) is 23.1 Å². The van der Waals surface area contributed by atoms with E-state index in [1.807, 2.05) is 6.92 Å². The topological polar surface area (TPSA) is 52.6 Å². The molecule has 1 aromatic carbocycles. The van der Waals surface area contributed by atoms with Crippen LogP contribution in [-0.2, 0) is 0 Å². The van der Waals surface area contributed by atoms with Gasteiger partial charge in [0.25, 0.3) is 5.91 Å². The van der Waals surface area contributed by atoms with Crippen molar-refractivity contribution in [2.45, 2.75) is 26.2 Å². The first kappa shape index (κ1) is 18.7. The number of carbonyl (C=O) groups is 1. The van der Waals surface area contributed by atoms with Gasteiger partial charge in [-0.2, -0.15) is 0 Å². The fourth-order valence-corrected chi connectivity index (χ4v) is 3.93. The number of halogens is 1. The molecule has 3 heterocycles. The molecule has 1 amide bonds. The summed E-state index contributed by atoms with van der Waals surface area (Å²) in [7, 11) is 0. The monoisotopic (exact) mass is 383 g/mol. The molecule has 0 bridgehead atoms. The highest BCUT2D eigenvalue weighted by Crippen LogP contribution is 2.23. The molecule has 1 aromatic heterocycles.